The molecule has 0 saturated carbocycles. The number of pyridine rings is 1. The van der Waals surface area contributed by atoms with Gasteiger partial charge < -0.3 is 5.32 Å². The first-order valence-electron chi connectivity index (χ1n) is 5.36. The van der Waals surface area contributed by atoms with Gasteiger partial charge in [0.15, 0.2) is 0 Å². The number of aromatic nitrogens is 1. The van der Waals surface area contributed by atoms with Crippen LogP contribution >= 0.6 is 0 Å². The Bertz CT molecular complexity index is 397. The Morgan fingerprint density at radius 3 is 3.00 bits per heavy atom. The van der Waals surface area contributed by atoms with E-state index in [0.29, 0.717) is 5.69 Å². The lowest BCUT2D eigenvalue weighted by atomic mass is 10.2. The molecule has 2 N–H and O–H groups in total. The summed E-state index contributed by atoms with van der Waals surface area (Å²) in [5.74, 6) is -3.19. The number of rotatable bonds is 3. The Balaban J connectivity index is 1.83. The molecule has 1 fully saturated rings. The highest BCUT2D eigenvalue weighted by molar-refractivity contribution is 5.82. The third-order valence-electron chi connectivity index (χ3n) is 2.60. The van der Waals surface area contributed by atoms with Crippen molar-refractivity contribution in [1.29, 1.82) is 0 Å². The maximum atomic E-state index is 12.9. The summed E-state index contributed by atoms with van der Waals surface area (Å²) in [6, 6.07) is 4.52. The van der Waals surface area contributed by atoms with Crippen LogP contribution in [0.3, 0.4) is 0 Å². The largest absolute Gasteiger partial charge is 0.349 e. The maximum absolute atomic E-state index is 12.9. The van der Waals surface area contributed by atoms with Crippen molar-refractivity contribution in [1.82, 2.24) is 15.6 Å². The van der Waals surface area contributed by atoms with Crippen LogP contribution in [-0.2, 0) is 11.3 Å². The van der Waals surface area contributed by atoms with Gasteiger partial charge in [0, 0.05) is 12.6 Å². The molecule has 0 spiro atoms. The van der Waals surface area contributed by atoms with Crippen LogP contribution in [0, 0.1) is 0 Å². The molecule has 4 nitrogen and oxygen atoms in total. The van der Waals surface area contributed by atoms with Crippen LogP contribution in [0.5, 0.6) is 0 Å². The first-order chi connectivity index (χ1) is 8.07. The molecule has 1 aliphatic heterocycles. The molecule has 0 aliphatic carbocycles. The lowest BCUT2D eigenvalue weighted by Gasteiger charge is -2.10. The van der Waals surface area contributed by atoms with Gasteiger partial charge in [-0.25, -0.2) is 8.78 Å². The summed E-state index contributed by atoms with van der Waals surface area (Å²) >= 11 is 0. The Kier molecular flexibility index (Phi) is 3.33. The lowest BCUT2D eigenvalue weighted by Crippen LogP contribution is -2.40. The van der Waals surface area contributed by atoms with E-state index in [9.17, 15) is 13.6 Å². The molecule has 1 atom stereocenters. The van der Waals surface area contributed by atoms with Gasteiger partial charge in [0.2, 0.25) is 5.91 Å². The van der Waals surface area contributed by atoms with E-state index in [2.05, 4.69) is 15.6 Å². The first-order valence-corrected chi connectivity index (χ1v) is 5.36. The van der Waals surface area contributed by atoms with Crippen LogP contribution in [0.1, 0.15) is 12.1 Å². The number of carbonyl (C=O) groups excluding carboxylic acids is 1. The number of hydrogen-bond donors (Lipinski definition) is 2. The summed E-state index contributed by atoms with van der Waals surface area (Å²) in [4.78, 5) is 15.6. The predicted molar refractivity (Wildman–Crippen MR) is 57.4 cm³/mol. The standard InChI is InChI=1S/C11H13F2N3O/c12-11(13)5-9(16-7-11)10(17)15-6-8-3-1-2-4-14-8/h1-4,9,16H,5-7H2,(H,15,17). The lowest BCUT2D eigenvalue weighted by molar-refractivity contribution is -0.123. The van der Waals surface area contributed by atoms with Crippen LogP contribution in [-0.4, -0.2) is 29.4 Å². The molecule has 92 valence electrons. The quantitative estimate of drug-likeness (QED) is 0.819. The van der Waals surface area contributed by atoms with Crippen molar-refractivity contribution in [3.8, 4) is 0 Å². The van der Waals surface area contributed by atoms with Crippen molar-refractivity contribution in [3.05, 3.63) is 30.1 Å². The number of alkyl halides is 2. The van der Waals surface area contributed by atoms with Crippen molar-refractivity contribution in [2.24, 2.45) is 0 Å². The van der Waals surface area contributed by atoms with Gasteiger partial charge in [-0.3, -0.25) is 15.1 Å². The van der Waals surface area contributed by atoms with Crippen LogP contribution in [0.25, 0.3) is 0 Å². The Morgan fingerprint density at radius 2 is 2.41 bits per heavy atom. The van der Waals surface area contributed by atoms with E-state index in [1.54, 1.807) is 24.4 Å². The highest BCUT2D eigenvalue weighted by Gasteiger charge is 2.42. The summed E-state index contributed by atoms with van der Waals surface area (Å²) in [6.45, 7) is -0.182. The minimum atomic E-state index is -2.78. The van der Waals surface area contributed by atoms with Crippen molar-refractivity contribution < 1.29 is 13.6 Å². The van der Waals surface area contributed by atoms with Crippen molar-refractivity contribution in [3.63, 3.8) is 0 Å². The second-order valence-electron chi connectivity index (χ2n) is 4.03. The van der Waals surface area contributed by atoms with E-state index >= 15 is 0 Å². The van der Waals surface area contributed by atoms with Crippen LogP contribution in [0.2, 0.25) is 0 Å². The molecule has 1 aliphatic rings. The number of nitrogens with one attached hydrogen (secondary N) is 2. The zero-order valence-electron chi connectivity index (χ0n) is 9.12. The predicted octanol–water partition coefficient (Wildman–Crippen LogP) is 0.695. The summed E-state index contributed by atoms with van der Waals surface area (Å²) in [6.07, 6.45) is 1.17. The van der Waals surface area contributed by atoms with Crippen LogP contribution in [0.4, 0.5) is 8.78 Å². The van der Waals surface area contributed by atoms with E-state index in [0.717, 1.165) is 0 Å². The summed E-state index contributed by atoms with van der Waals surface area (Å²) < 4.78 is 25.7. The van der Waals surface area contributed by atoms with Gasteiger partial charge in [0.05, 0.1) is 24.8 Å². The fourth-order valence-corrected chi connectivity index (χ4v) is 1.70. The van der Waals surface area contributed by atoms with Gasteiger partial charge in [-0.2, -0.15) is 0 Å². The molecular formula is C11H13F2N3O. The van der Waals surface area contributed by atoms with Gasteiger partial charge >= 0.3 is 0 Å². The summed E-state index contributed by atoms with van der Waals surface area (Å²) in [5, 5.41) is 5.08. The van der Waals surface area contributed by atoms with Gasteiger partial charge in [-0.05, 0) is 12.1 Å². The zero-order valence-corrected chi connectivity index (χ0v) is 9.12. The third-order valence-corrected chi connectivity index (χ3v) is 2.60. The molecule has 1 saturated heterocycles. The molecule has 1 aromatic heterocycles. The topological polar surface area (TPSA) is 54.0 Å². The van der Waals surface area contributed by atoms with E-state index in [4.69, 9.17) is 0 Å². The minimum Gasteiger partial charge on any atom is -0.349 e. The molecule has 1 unspecified atom stereocenters. The number of hydrogen-bond acceptors (Lipinski definition) is 3. The summed E-state index contributed by atoms with van der Waals surface area (Å²) in [7, 11) is 0. The fourth-order valence-electron chi connectivity index (χ4n) is 1.70. The molecule has 2 rings (SSSR count). The van der Waals surface area contributed by atoms with Gasteiger partial charge in [-0.15, -0.1) is 0 Å². The second kappa shape index (κ2) is 4.75. The SMILES string of the molecule is O=C(NCc1ccccn1)C1CC(F)(F)CN1. The minimum absolute atomic E-state index is 0.253. The average Bonchev–Trinajstić information content (AvgIpc) is 2.68. The van der Waals surface area contributed by atoms with E-state index in [1.165, 1.54) is 0 Å². The average molecular weight is 241 g/mol. The van der Waals surface area contributed by atoms with E-state index < -0.39 is 30.8 Å². The second-order valence-corrected chi connectivity index (χ2v) is 4.03. The molecule has 0 radical (unpaired) electrons. The normalized spacial score (nSPS) is 22.4. The molecular weight excluding hydrogens is 228 g/mol. The van der Waals surface area contributed by atoms with E-state index in [-0.39, 0.29) is 6.54 Å². The maximum Gasteiger partial charge on any atom is 0.262 e. The van der Waals surface area contributed by atoms with E-state index in [1.807, 2.05) is 0 Å². The number of carbonyl (C=O) groups is 1. The zero-order chi connectivity index (χ0) is 12.3. The highest BCUT2D eigenvalue weighted by Crippen LogP contribution is 2.24. The molecule has 1 amide bonds. The number of amides is 1. The number of nitrogens with zero attached hydrogens (tertiary/aromatic N) is 1. The monoisotopic (exact) mass is 241 g/mol. The van der Waals surface area contributed by atoms with Gasteiger partial charge in [0.1, 0.15) is 0 Å². The van der Waals surface area contributed by atoms with Crippen LogP contribution < -0.4 is 10.6 Å². The van der Waals surface area contributed by atoms with Crippen LogP contribution in [0.15, 0.2) is 24.4 Å². The third kappa shape index (κ3) is 3.20. The Morgan fingerprint density at radius 1 is 1.59 bits per heavy atom. The highest BCUT2D eigenvalue weighted by atomic mass is 19.3. The molecule has 1 aromatic rings. The molecule has 0 aromatic carbocycles. The Hall–Kier alpha value is -1.56. The molecule has 17 heavy (non-hydrogen) atoms. The smallest absolute Gasteiger partial charge is 0.262 e. The molecule has 2 heterocycles. The van der Waals surface area contributed by atoms with Gasteiger partial charge in [0.25, 0.3) is 5.92 Å². The molecule has 6 heteroatoms. The fraction of sp³-hybridized carbons (Fsp3) is 0.455. The van der Waals surface area contributed by atoms with Crippen molar-refractivity contribution >= 4 is 5.91 Å². The summed E-state index contributed by atoms with van der Waals surface area (Å²) in [5.41, 5.74) is 0.700. The molecule has 0 bridgehead atoms. The van der Waals surface area contributed by atoms with Gasteiger partial charge in [-0.1, -0.05) is 6.07 Å². The van der Waals surface area contributed by atoms with Crippen molar-refractivity contribution in [2.75, 3.05) is 6.54 Å². The first kappa shape index (κ1) is 11.9. The number of halogens is 2. The van der Waals surface area contributed by atoms with Crippen molar-refractivity contribution in [2.45, 2.75) is 24.9 Å². The Labute approximate surface area is 97.4 Å².